The highest BCUT2D eigenvalue weighted by atomic mass is 79.9. The van der Waals surface area contributed by atoms with E-state index in [4.69, 9.17) is 4.74 Å². The van der Waals surface area contributed by atoms with Crippen molar-refractivity contribution in [3.05, 3.63) is 63.4 Å². The molecule has 1 saturated carbocycles. The van der Waals surface area contributed by atoms with E-state index in [1.165, 1.54) is 18.2 Å². The Kier molecular flexibility index (Phi) is 7.44. The van der Waals surface area contributed by atoms with Crippen LogP contribution in [0.2, 0.25) is 0 Å². The summed E-state index contributed by atoms with van der Waals surface area (Å²) in [7, 11) is 0. The summed E-state index contributed by atoms with van der Waals surface area (Å²) in [6.07, 6.45) is -1.55. The van der Waals surface area contributed by atoms with Crippen molar-refractivity contribution in [3.8, 4) is 11.8 Å². The minimum Gasteiger partial charge on any atom is -0.460 e. The average Bonchev–Trinajstić information content (AvgIpc) is 2.63. The van der Waals surface area contributed by atoms with Crippen LogP contribution in [0.15, 0.2) is 34.8 Å². The number of hydrogen-bond donors (Lipinski definition) is 1. The number of halogens is 5. The standard InChI is InChI=1S/C25H24BrF4NO3/c1-23(2,3)34-21(32)11-16(8-15-9-17(27)12-18(28)10-15)22-20(26)5-4-19(31-22)6-7-24(33)13-25(29,30)14-24/h4-5,9-10,12,16,33H,8,11,13-14H2,1-3H3/t16-/m1/s1. The number of pyridine rings is 1. The van der Waals surface area contributed by atoms with Crippen molar-refractivity contribution in [2.75, 3.05) is 0 Å². The van der Waals surface area contributed by atoms with Gasteiger partial charge in [0.25, 0.3) is 5.92 Å². The molecule has 1 aliphatic rings. The first-order chi connectivity index (χ1) is 15.6. The van der Waals surface area contributed by atoms with Gasteiger partial charge in [-0.25, -0.2) is 22.5 Å². The van der Waals surface area contributed by atoms with Gasteiger partial charge in [0.1, 0.15) is 28.5 Å². The normalized spacial score (nSPS) is 17.2. The molecule has 0 aliphatic heterocycles. The molecule has 1 aromatic carbocycles. The summed E-state index contributed by atoms with van der Waals surface area (Å²) in [6.45, 7) is 5.17. The first-order valence-electron chi connectivity index (χ1n) is 10.6. The van der Waals surface area contributed by atoms with Crippen LogP contribution in [0.25, 0.3) is 0 Å². The first-order valence-corrected chi connectivity index (χ1v) is 11.4. The van der Waals surface area contributed by atoms with E-state index in [2.05, 4.69) is 32.8 Å². The van der Waals surface area contributed by atoms with Crippen LogP contribution in [0.1, 0.15) is 62.9 Å². The lowest BCUT2D eigenvalue weighted by molar-refractivity contribution is -0.176. The van der Waals surface area contributed by atoms with E-state index in [0.717, 1.165) is 6.07 Å². The highest BCUT2D eigenvalue weighted by Gasteiger charge is 2.55. The third-order valence-corrected chi connectivity index (χ3v) is 5.69. The number of carbonyl (C=O) groups is 1. The van der Waals surface area contributed by atoms with Crippen molar-refractivity contribution < 1.29 is 32.2 Å². The highest BCUT2D eigenvalue weighted by Crippen LogP contribution is 2.45. The molecule has 1 fully saturated rings. The summed E-state index contributed by atoms with van der Waals surface area (Å²) >= 11 is 3.40. The summed E-state index contributed by atoms with van der Waals surface area (Å²) in [4.78, 5) is 17.0. The van der Waals surface area contributed by atoms with Crippen molar-refractivity contribution >= 4 is 21.9 Å². The van der Waals surface area contributed by atoms with Gasteiger partial charge >= 0.3 is 5.97 Å². The topological polar surface area (TPSA) is 59.4 Å². The Morgan fingerprint density at radius 1 is 1.21 bits per heavy atom. The average molecular weight is 542 g/mol. The Hall–Kier alpha value is -2.44. The molecule has 0 saturated heterocycles. The number of rotatable bonds is 5. The maximum Gasteiger partial charge on any atom is 0.306 e. The highest BCUT2D eigenvalue weighted by molar-refractivity contribution is 9.10. The zero-order valence-electron chi connectivity index (χ0n) is 18.9. The molecule has 0 amide bonds. The Balaban J connectivity index is 1.93. The van der Waals surface area contributed by atoms with Gasteiger partial charge in [-0.15, -0.1) is 0 Å². The lowest BCUT2D eigenvalue weighted by Crippen LogP contribution is -2.50. The molecule has 0 unspecified atom stereocenters. The number of esters is 1. The van der Waals surface area contributed by atoms with Crippen LogP contribution in [0.5, 0.6) is 0 Å². The van der Waals surface area contributed by atoms with Gasteiger partial charge in [-0.1, -0.05) is 5.92 Å². The fourth-order valence-corrected chi connectivity index (χ4v) is 4.29. The Labute approximate surface area is 203 Å². The zero-order chi connectivity index (χ0) is 25.3. The molecule has 0 radical (unpaired) electrons. The summed E-state index contributed by atoms with van der Waals surface area (Å²) in [5.74, 6) is -0.530. The number of aliphatic hydroxyl groups is 1. The van der Waals surface area contributed by atoms with Crippen LogP contribution in [-0.2, 0) is 16.0 Å². The third-order valence-electron chi connectivity index (χ3n) is 5.02. The smallest absolute Gasteiger partial charge is 0.306 e. The molecule has 0 spiro atoms. The maximum absolute atomic E-state index is 13.8. The second kappa shape index (κ2) is 9.67. The molecule has 1 atom stereocenters. The van der Waals surface area contributed by atoms with Crippen LogP contribution in [0.3, 0.4) is 0 Å². The van der Waals surface area contributed by atoms with Crippen molar-refractivity contribution in [1.29, 1.82) is 0 Å². The van der Waals surface area contributed by atoms with E-state index in [0.29, 0.717) is 15.7 Å². The summed E-state index contributed by atoms with van der Waals surface area (Å²) in [6, 6.07) is 6.27. The predicted octanol–water partition coefficient (Wildman–Crippen LogP) is 5.69. The molecule has 9 heteroatoms. The van der Waals surface area contributed by atoms with Crippen molar-refractivity contribution in [2.24, 2.45) is 0 Å². The fourth-order valence-electron chi connectivity index (χ4n) is 3.75. The largest absolute Gasteiger partial charge is 0.460 e. The van der Waals surface area contributed by atoms with Crippen LogP contribution in [-0.4, -0.2) is 33.2 Å². The monoisotopic (exact) mass is 541 g/mol. The Bertz CT molecular complexity index is 1120. The van der Waals surface area contributed by atoms with E-state index < -0.39 is 53.5 Å². The van der Waals surface area contributed by atoms with Crippen LogP contribution in [0, 0.1) is 23.5 Å². The van der Waals surface area contributed by atoms with E-state index in [1.807, 2.05) is 0 Å². The molecule has 4 nitrogen and oxygen atoms in total. The van der Waals surface area contributed by atoms with Crippen molar-refractivity contribution in [1.82, 2.24) is 4.98 Å². The number of aromatic nitrogens is 1. The van der Waals surface area contributed by atoms with E-state index in [9.17, 15) is 27.5 Å². The van der Waals surface area contributed by atoms with E-state index >= 15 is 0 Å². The molecule has 3 rings (SSSR count). The molecular weight excluding hydrogens is 518 g/mol. The molecule has 1 aromatic heterocycles. The quantitative estimate of drug-likeness (QED) is 0.300. The van der Waals surface area contributed by atoms with E-state index in [-0.39, 0.29) is 18.5 Å². The van der Waals surface area contributed by atoms with Crippen LogP contribution in [0.4, 0.5) is 17.6 Å². The number of carbonyl (C=O) groups excluding carboxylic acids is 1. The second-order valence-corrected chi connectivity index (χ2v) is 10.4. The van der Waals surface area contributed by atoms with E-state index in [1.54, 1.807) is 26.8 Å². The van der Waals surface area contributed by atoms with Gasteiger partial charge in [0.05, 0.1) is 25.0 Å². The lowest BCUT2D eigenvalue weighted by Gasteiger charge is -2.39. The molecule has 1 heterocycles. The van der Waals surface area contributed by atoms with Crippen LogP contribution >= 0.6 is 15.9 Å². The summed E-state index contributed by atoms with van der Waals surface area (Å²) in [5, 5.41) is 10.1. The summed E-state index contributed by atoms with van der Waals surface area (Å²) < 4.78 is 59.7. The minimum atomic E-state index is -2.94. The third kappa shape index (κ3) is 7.28. The summed E-state index contributed by atoms with van der Waals surface area (Å²) in [5.41, 5.74) is -1.62. The minimum absolute atomic E-state index is 0.0760. The molecule has 0 bridgehead atoms. The van der Waals surface area contributed by atoms with Gasteiger partial charge in [-0.2, -0.15) is 0 Å². The Morgan fingerprint density at radius 3 is 2.38 bits per heavy atom. The number of benzene rings is 1. The van der Waals surface area contributed by atoms with Crippen LogP contribution < -0.4 is 0 Å². The number of hydrogen-bond acceptors (Lipinski definition) is 4. The molecule has 1 N–H and O–H groups in total. The number of nitrogens with zero attached hydrogens (tertiary/aromatic N) is 1. The molecule has 1 aliphatic carbocycles. The maximum atomic E-state index is 13.8. The van der Waals surface area contributed by atoms with Gasteiger partial charge in [0, 0.05) is 16.5 Å². The second-order valence-electron chi connectivity index (χ2n) is 9.52. The molecule has 34 heavy (non-hydrogen) atoms. The first kappa shape index (κ1) is 26.2. The van der Waals surface area contributed by atoms with Crippen molar-refractivity contribution in [2.45, 2.75) is 69.5 Å². The molecule has 2 aromatic rings. The van der Waals surface area contributed by atoms with Crippen molar-refractivity contribution in [3.63, 3.8) is 0 Å². The van der Waals surface area contributed by atoms with Gasteiger partial charge < -0.3 is 9.84 Å². The van der Waals surface area contributed by atoms with Gasteiger partial charge in [0.2, 0.25) is 0 Å². The van der Waals surface area contributed by atoms with Gasteiger partial charge in [0.15, 0.2) is 0 Å². The zero-order valence-corrected chi connectivity index (χ0v) is 20.5. The SMILES string of the molecule is CC(C)(C)OC(=O)C[C@@H](Cc1cc(F)cc(F)c1)c1nc(C#CC2(O)CC(F)(F)C2)ccc1Br. The molecule has 182 valence electrons. The van der Waals surface area contributed by atoms with Gasteiger partial charge in [-0.05, 0) is 78.9 Å². The Morgan fingerprint density at radius 2 is 1.82 bits per heavy atom. The lowest BCUT2D eigenvalue weighted by atomic mass is 9.77. The molecular formula is C25H24BrF4NO3. The fraction of sp³-hybridized carbons (Fsp3) is 0.440. The number of ether oxygens (including phenoxy) is 1. The number of alkyl halides is 2. The predicted molar refractivity (Wildman–Crippen MR) is 121 cm³/mol. The van der Waals surface area contributed by atoms with Gasteiger partial charge in [-0.3, -0.25) is 4.79 Å².